The molecule has 2 rings (SSSR count). The van der Waals surface area contributed by atoms with Gasteiger partial charge in [0.15, 0.2) is 0 Å². The Labute approximate surface area is 192 Å². The summed E-state index contributed by atoms with van der Waals surface area (Å²) in [5.41, 5.74) is 1.71. The Bertz CT molecular complexity index is 1020. The minimum absolute atomic E-state index is 0.0401. The first-order valence-electron chi connectivity index (χ1n) is 10.1. The highest BCUT2D eigenvalue weighted by Crippen LogP contribution is 2.23. The fourth-order valence-corrected chi connectivity index (χ4v) is 4.30. The zero-order valence-electron chi connectivity index (χ0n) is 17.8. The molecule has 2 unspecified atom stereocenters. The third-order valence-corrected chi connectivity index (χ3v) is 6.50. The molecule has 0 aliphatic heterocycles. The van der Waals surface area contributed by atoms with Gasteiger partial charge in [0.25, 0.3) is 0 Å². The molecule has 2 atom stereocenters. The van der Waals surface area contributed by atoms with E-state index in [1.807, 2.05) is 26.0 Å². The maximum absolute atomic E-state index is 12.6. The third kappa shape index (κ3) is 7.59. The number of hydrogen-bond acceptors (Lipinski definition) is 5. The number of hydrogen-bond donors (Lipinski definition) is 4. The predicted molar refractivity (Wildman–Crippen MR) is 122 cm³/mol. The second-order valence-electron chi connectivity index (χ2n) is 7.80. The normalized spacial score (nSPS) is 13.6. The van der Waals surface area contributed by atoms with Gasteiger partial charge < -0.3 is 10.2 Å². The highest BCUT2D eigenvalue weighted by molar-refractivity contribution is 7.89. The zero-order chi connectivity index (χ0) is 23.9. The van der Waals surface area contributed by atoms with Crippen LogP contribution >= 0.6 is 11.6 Å². The van der Waals surface area contributed by atoms with Crippen LogP contribution < -0.4 is 10.0 Å². The summed E-state index contributed by atoms with van der Waals surface area (Å²) in [6, 6.07) is 11.2. The van der Waals surface area contributed by atoms with Gasteiger partial charge in [0.05, 0.1) is 4.90 Å². The van der Waals surface area contributed by atoms with Crippen LogP contribution in [0.1, 0.15) is 26.7 Å². The van der Waals surface area contributed by atoms with Crippen molar-refractivity contribution in [2.75, 3.05) is 6.54 Å². The number of carbonyl (C=O) groups is 2. The van der Waals surface area contributed by atoms with Gasteiger partial charge in [-0.15, -0.1) is 0 Å². The molecule has 2 aromatic carbocycles. The van der Waals surface area contributed by atoms with Crippen LogP contribution in [-0.4, -0.2) is 49.2 Å². The van der Waals surface area contributed by atoms with Gasteiger partial charge in [-0.25, -0.2) is 13.1 Å². The van der Waals surface area contributed by atoms with E-state index in [0.717, 1.165) is 11.1 Å². The largest absolute Gasteiger partial charge is 0.480 e. The molecule has 4 N–H and O–H groups in total. The standard InChI is InChI=1S/C22H27ClN2O6S/c1-14(2)13-20(22(28)29)25-19(21(26)27)11-12-24-32(30,31)18-9-5-16(6-10-18)15-3-7-17(23)8-4-15/h3-10,14,19-20,24-25H,11-13H2,1-2H3,(H,26,27)(H,28,29). The van der Waals surface area contributed by atoms with Crippen LogP contribution in [0.15, 0.2) is 53.4 Å². The van der Waals surface area contributed by atoms with Crippen LogP contribution in [0.3, 0.4) is 0 Å². The molecule has 0 radical (unpaired) electrons. The van der Waals surface area contributed by atoms with Gasteiger partial charge in [-0.1, -0.05) is 49.7 Å². The number of carboxylic acid groups (broad SMARTS) is 2. The molecule has 2 aromatic rings. The average molecular weight is 483 g/mol. The van der Waals surface area contributed by atoms with Gasteiger partial charge in [0, 0.05) is 11.6 Å². The van der Waals surface area contributed by atoms with Crippen LogP contribution in [-0.2, 0) is 19.6 Å². The number of halogens is 1. The molecule has 0 bridgehead atoms. The summed E-state index contributed by atoms with van der Waals surface area (Å²) in [6.45, 7) is 3.50. The molecule has 0 amide bonds. The molecule has 0 fully saturated rings. The molecule has 0 aliphatic rings. The molecule has 0 heterocycles. The average Bonchev–Trinajstić information content (AvgIpc) is 2.72. The summed E-state index contributed by atoms with van der Waals surface area (Å²) >= 11 is 5.88. The maximum Gasteiger partial charge on any atom is 0.320 e. The second kappa shape index (κ2) is 11.4. The number of carboxylic acids is 2. The highest BCUT2D eigenvalue weighted by Gasteiger charge is 2.27. The van der Waals surface area contributed by atoms with E-state index in [0.29, 0.717) is 5.02 Å². The van der Waals surface area contributed by atoms with Crippen LogP contribution in [0.5, 0.6) is 0 Å². The van der Waals surface area contributed by atoms with E-state index < -0.39 is 34.0 Å². The van der Waals surface area contributed by atoms with Crippen molar-refractivity contribution in [3.63, 3.8) is 0 Å². The number of nitrogens with one attached hydrogen (secondary N) is 2. The molecular formula is C22H27ClN2O6S. The van der Waals surface area contributed by atoms with Crippen molar-refractivity contribution in [2.24, 2.45) is 5.92 Å². The summed E-state index contributed by atoms with van der Waals surface area (Å²) < 4.78 is 27.5. The molecule has 8 nitrogen and oxygen atoms in total. The van der Waals surface area contributed by atoms with Crippen LogP contribution in [0, 0.1) is 5.92 Å². The summed E-state index contributed by atoms with van der Waals surface area (Å²) in [7, 11) is -3.86. The Morgan fingerprint density at radius 1 is 0.906 bits per heavy atom. The van der Waals surface area contributed by atoms with E-state index in [4.69, 9.17) is 11.6 Å². The molecular weight excluding hydrogens is 456 g/mol. The third-order valence-electron chi connectivity index (χ3n) is 4.77. The van der Waals surface area contributed by atoms with E-state index >= 15 is 0 Å². The van der Waals surface area contributed by atoms with E-state index in [2.05, 4.69) is 10.0 Å². The van der Waals surface area contributed by atoms with E-state index in [9.17, 15) is 28.2 Å². The lowest BCUT2D eigenvalue weighted by Gasteiger charge is -2.21. The molecule has 0 saturated heterocycles. The van der Waals surface area contributed by atoms with Crippen molar-refractivity contribution >= 4 is 33.6 Å². The minimum Gasteiger partial charge on any atom is -0.480 e. The second-order valence-corrected chi connectivity index (χ2v) is 10.00. The monoisotopic (exact) mass is 482 g/mol. The molecule has 0 spiro atoms. The van der Waals surface area contributed by atoms with Crippen LogP contribution in [0.25, 0.3) is 11.1 Å². The lowest BCUT2D eigenvalue weighted by molar-refractivity contribution is -0.143. The molecule has 0 aromatic heterocycles. The van der Waals surface area contributed by atoms with Crippen molar-refractivity contribution in [1.82, 2.24) is 10.0 Å². The fraction of sp³-hybridized carbons (Fsp3) is 0.364. The lowest BCUT2D eigenvalue weighted by atomic mass is 10.0. The van der Waals surface area contributed by atoms with E-state index in [1.165, 1.54) is 12.1 Å². The van der Waals surface area contributed by atoms with Crippen molar-refractivity contribution in [1.29, 1.82) is 0 Å². The van der Waals surface area contributed by atoms with Gasteiger partial charge >= 0.3 is 11.9 Å². The number of benzene rings is 2. The Morgan fingerprint density at radius 2 is 1.41 bits per heavy atom. The van der Waals surface area contributed by atoms with Crippen LogP contribution in [0.2, 0.25) is 5.02 Å². The summed E-state index contributed by atoms with van der Waals surface area (Å²) in [4.78, 5) is 22.9. The highest BCUT2D eigenvalue weighted by atomic mass is 35.5. The Balaban J connectivity index is 2.00. The molecule has 10 heteroatoms. The Hall–Kier alpha value is -2.46. The summed E-state index contributed by atoms with van der Waals surface area (Å²) in [5.74, 6) is -2.34. The molecule has 174 valence electrons. The van der Waals surface area contributed by atoms with Crippen LogP contribution in [0.4, 0.5) is 0 Å². The number of aliphatic carboxylic acids is 2. The van der Waals surface area contributed by atoms with E-state index in [-0.39, 0.29) is 30.2 Å². The fourth-order valence-electron chi connectivity index (χ4n) is 3.12. The van der Waals surface area contributed by atoms with Crippen molar-refractivity contribution < 1.29 is 28.2 Å². The smallest absolute Gasteiger partial charge is 0.320 e. The quantitative estimate of drug-likeness (QED) is 0.365. The van der Waals surface area contributed by atoms with Gasteiger partial charge in [0.2, 0.25) is 10.0 Å². The molecule has 0 saturated carbocycles. The topological polar surface area (TPSA) is 133 Å². The lowest BCUT2D eigenvalue weighted by Crippen LogP contribution is -2.48. The van der Waals surface area contributed by atoms with Crippen molar-refractivity contribution in [3.05, 3.63) is 53.6 Å². The van der Waals surface area contributed by atoms with E-state index in [1.54, 1.807) is 24.3 Å². The predicted octanol–water partition coefficient (Wildman–Crippen LogP) is 3.22. The first-order chi connectivity index (χ1) is 15.0. The van der Waals surface area contributed by atoms with Crippen molar-refractivity contribution in [2.45, 2.75) is 43.7 Å². The molecule has 0 aliphatic carbocycles. The molecule has 32 heavy (non-hydrogen) atoms. The zero-order valence-corrected chi connectivity index (χ0v) is 19.4. The van der Waals surface area contributed by atoms with Gasteiger partial charge in [0.1, 0.15) is 12.1 Å². The number of sulfonamides is 1. The Kier molecular flexibility index (Phi) is 9.21. The SMILES string of the molecule is CC(C)CC(NC(CCNS(=O)(=O)c1ccc(-c2ccc(Cl)cc2)cc1)C(=O)O)C(=O)O. The number of rotatable bonds is 12. The first-order valence-corrected chi connectivity index (χ1v) is 11.9. The van der Waals surface area contributed by atoms with Gasteiger partial charge in [-0.2, -0.15) is 0 Å². The van der Waals surface area contributed by atoms with Gasteiger partial charge in [-0.3, -0.25) is 14.9 Å². The van der Waals surface area contributed by atoms with Gasteiger partial charge in [-0.05, 0) is 54.2 Å². The maximum atomic E-state index is 12.6. The summed E-state index contributed by atoms with van der Waals surface area (Å²) in [5, 5.41) is 21.9. The minimum atomic E-state index is -3.86. The van der Waals surface area contributed by atoms with Crippen molar-refractivity contribution in [3.8, 4) is 11.1 Å². The Morgan fingerprint density at radius 3 is 1.88 bits per heavy atom. The first kappa shape index (κ1) is 25.8. The summed E-state index contributed by atoms with van der Waals surface area (Å²) in [6.07, 6.45) is 0.143.